The predicted octanol–water partition coefficient (Wildman–Crippen LogP) is 4.81. The molecule has 1 saturated heterocycles. The molecule has 0 bridgehead atoms. The third-order valence-electron chi connectivity index (χ3n) is 5.23. The first-order valence-electron chi connectivity index (χ1n) is 9.32. The van der Waals surface area contributed by atoms with Crippen molar-refractivity contribution in [1.29, 1.82) is 0 Å². The molecule has 1 fully saturated rings. The average Bonchev–Trinajstić information content (AvgIpc) is 2.68. The largest absolute Gasteiger partial charge is 0.490 e. The van der Waals surface area contributed by atoms with Gasteiger partial charge in [0.2, 0.25) is 0 Å². The van der Waals surface area contributed by atoms with Gasteiger partial charge in [-0.05, 0) is 47.1 Å². The van der Waals surface area contributed by atoms with E-state index >= 15 is 0 Å². The van der Waals surface area contributed by atoms with Gasteiger partial charge in [0.25, 0.3) is 0 Å². The van der Waals surface area contributed by atoms with E-state index in [0.29, 0.717) is 6.61 Å². The van der Waals surface area contributed by atoms with E-state index in [4.69, 9.17) is 9.47 Å². The molecule has 2 aromatic carbocycles. The number of morpholine rings is 1. The van der Waals surface area contributed by atoms with E-state index in [1.54, 1.807) is 11.8 Å². The van der Waals surface area contributed by atoms with Crippen LogP contribution in [0.1, 0.15) is 17.2 Å². The summed E-state index contributed by atoms with van der Waals surface area (Å²) in [4.78, 5) is 3.51. The molecule has 2 aliphatic rings. The third-order valence-corrected chi connectivity index (χ3v) is 7.66. The van der Waals surface area contributed by atoms with Crippen molar-refractivity contribution in [3.05, 3.63) is 56.5 Å². The molecule has 1 N–H and O–H groups in total. The van der Waals surface area contributed by atoms with Crippen LogP contribution in [-0.2, 0) is 4.74 Å². The van der Waals surface area contributed by atoms with Crippen LogP contribution in [0.5, 0.6) is 5.75 Å². The Bertz CT molecular complexity index is 842. The van der Waals surface area contributed by atoms with Crippen LogP contribution >= 0.6 is 43.6 Å². The van der Waals surface area contributed by atoms with Crippen LogP contribution < -0.4 is 4.74 Å². The lowest BCUT2D eigenvalue weighted by molar-refractivity contribution is 0.00480. The number of aliphatic hydroxyl groups is 1. The van der Waals surface area contributed by atoms with Crippen LogP contribution in [0.3, 0.4) is 0 Å². The number of hydrogen-bond acceptors (Lipinski definition) is 5. The van der Waals surface area contributed by atoms with Gasteiger partial charge in [-0.15, -0.1) is 11.8 Å². The Morgan fingerprint density at radius 3 is 2.61 bits per heavy atom. The molecular formula is C21H23Br2NO3S. The maximum absolute atomic E-state index is 11.6. The van der Waals surface area contributed by atoms with Crippen molar-refractivity contribution in [3.63, 3.8) is 0 Å². The molecule has 0 spiro atoms. The fourth-order valence-electron chi connectivity index (χ4n) is 3.72. The summed E-state index contributed by atoms with van der Waals surface area (Å²) >= 11 is 8.83. The number of benzene rings is 2. The monoisotopic (exact) mass is 527 g/mol. The molecule has 7 heteroatoms. The van der Waals surface area contributed by atoms with Crippen LogP contribution in [0.4, 0.5) is 0 Å². The summed E-state index contributed by atoms with van der Waals surface area (Å²) in [6, 6.07) is 12.4. The second kappa shape index (κ2) is 8.66. The number of aryl methyl sites for hydroxylation is 1. The van der Waals surface area contributed by atoms with Gasteiger partial charge in [0, 0.05) is 34.6 Å². The lowest BCUT2D eigenvalue weighted by atomic mass is 9.91. The van der Waals surface area contributed by atoms with Crippen molar-refractivity contribution in [2.45, 2.75) is 22.7 Å². The smallest absolute Gasteiger partial charge is 0.139 e. The third kappa shape index (κ3) is 4.30. The van der Waals surface area contributed by atoms with Gasteiger partial charge in [-0.3, -0.25) is 4.90 Å². The summed E-state index contributed by atoms with van der Waals surface area (Å²) in [5.41, 5.74) is 2.05. The highest BCUT2D eigenvalue weighted by Gasteiger charge is 2.47. The van der Waals surface area contributed by atoms with E-state index in [2.05, 4.69) is 67.9 Å². The lowest BCUT2D eigenvalue weighted by Crippen LogP contribution is -2.53. The van der Waals surface area contributed by atoms with Gasteiger partial charge in [-0.25, -0.2) is 0 Å². The Labute approximate surface area is 186 Å². The van der Waals surface area contributed by atoms with Gasteiger partial charge in [0.05, 0.1) is 22.4 Å². The first-order valence-corrected chi connectivity index (χ1v) is 11.7. The summed E-state index contributed by atoms with van der Waals surface area (Å²) in [6.45, 7) is 6.47. The number of thioether (sulfide) groups is 1. The minimum atomic E-state index is -0.654. The maximum atomic E-state index is 11.6. The van der Waals surface area contributed by atoms with Crippen molar-refractivity contribution >= 4 is 43.6 Å². The quantitative estimate of drug-likeness (QED) is 0.616. The van der Waals surface area contributed by atoms with Gasteiger partial charge in [0.1, 0.15) is 18.5 Å². The Hall–Kier alpha value is -0.570. The zero-order valence-electron chi connectivity index (χ0n) is 15.7. The Balaban J connectivity index is 1.70. The molecule has 0 amide bonds. The molecule has 150 valence electrons. The molecule has 2 atom stereocenters. The molecule has 0 unspecified atom stereocenters. The number of fused-ring (bicyclic) bond motifs is 1. The van der Waals surface area contributed by atoms with Crippen molar-refractivity contribution in [2.75, 3.05) is 39.5 Å². The van der Waals surface area contributed by atoms with Gasteiger partial charge in [-0.1, -0.05) is 33.6 Å². The van der Waals surface area contributed by atoms with Crippen LogP contribution in [0.15, 0.2) is 50.2 Å². The number of aliphatic hydroxyl groups excluding tert-OH is 1. The van der Waals surface area contributed by atoms with E-state index in [9.17, 15) is 5.11 Å². The molecule has 2 aliphatic heterocycles. The molecule has 0 radical (unpaired) electrons. The normalized spacial score (nSPS) is 25.2. The van der Waals surface area contributed by atoms with E-state index in [1.807, 2.05) is 12.1 Å². The summed E-state index contributed by atoms with van der Waals surface area (Å²) in [7, 11) is 0. The van der Waals surface area contributed by atoms with E-state index in [-0.39, 0.29) is 0 Å². The molecule has 4 rings (SSSR count). The van der Waals surface area contributed by atoms with Crippen molar-refractivity contribution in [1.82, 2.24) is 4.90 Å². The molecule has 2 aromatic rings. The Morgan fingerprint density at radius 1 is 1.18 bits per heavy atom. The summed E-state index contributed by atoms with van der Waals surface area (Å²) < 4.78 is 13.0. The highest BCUT2D eigenvalue weighted by atomic mass is 79.9. The average molecular weight is 529 g/mol. The molecule has 28 heavy (non-hydrogen) atoms. The topological polar surface area (TPSA) is 41.9 Å². The van der Waals surface area contributed by atoms with E-state index < -0.39 is 10.9 Å². The van der Waals surface area contributed by atoms with E-state index in [1.165, 1.54) is 5.56 Å². The first kappa shape index (κ1) is 20.7. The SMILES string of the molecule is Cc1ccc(S[C@@]2(CN3CCOCC3)COc3c(Br)cc(Br)cc3[C@@H]2O)cc1. The first-order chi connectivity index (χ1) is 13.5. The number of nitrogens with zero attached hydrogens (tertiary/aromatic N) is 1. The molecule has 0 aromatic heterocycles. The van der Waals surface area contributed by atoms with Crippen molar-refractivity contribution < 1.29 is 14.6 Å². The highest BCUT2D eigenvalue weighted by Crippen LogP contribution is 2.51. The van der Waals surface area contributed by atoms with E-state index in [0.717, 1.165) is 58.0 Å². The molecular weight excluding hydrogens is 506 g/mol. The Kier molecular flexibility index (Phi) is 6.40. The van der Waals surface area contributed by atoms with Gasteiger partial charge in [-0.2, -0.15) is 0 Å². The second-order valence-corrected chi connectivity index (χ2v) is 10.6. The van der Waals surface area contributed by atoms with Crippen LogP contribution in [0.25, 0.3) is 0 Å². The van der Waals surface area contributed by atoms with Gasteiger partial charge < -0.3 is 14.6 Å². The van der Waals surface area contributed by atoms with Crippen LogP contribution in [0, 0.1) is 6.92 Å². The second-order valence-electron chi connectivity index (χ2n) is 7.37. The molecule has 0 aliphatic carbocycles. The molecule has 2 heterocycles. The van der Waals surface area contributed by atoms with Crippen LogP contribution in [0.2, 0.25) is 0 Å². The fraction of sp³-hybridized carbons (Fsp3) is 0.429. The number of hydrogen-bond donors (Lipinski definition) is 1. The fourth-order valence-corrected chi connectivity index (χ4v) is 6.44. The lowest BCUT2D eigenvalue weighted by Gasteiger charge is -2.45. The van der Waals surface area contributed by atoms with Crippen molar-refractivity contribution in [3.8, 4) is 5.75 Å². The summed E-state index contributed by atoms with van der Waals surface area (Å²) in [5.74, 6) is 0.734. The standard InChI is InChI=1S/C21H23Br2NO3S/c1-14-2-4-16(5-3-14)28-21(12-24-6-8-26-9-7-24)13-27-19-17(20(21)25)10-15(22)11-18(19)23/h2-5,10-11,20,25H,6-9,12-13H2,1H3/t20-,21-/m0/s1. The van der Waals surface area contributed by atoms with Crippen LogP contribution in [-0.4, -0.2) is 54.2 Å². The summed E-state index contributed by atoms with van der Waals surface area (Å²) in [5, 5.41) is 11.6. The minimum absolute atomic E-state index is 0.442. The highest BCUT2D eigenvalue weighted by molar-refractivity contribution is 9.11. The molecule has 4 nitrogen and oxygen atoms in total. The van der Waals surface area contributed by atoms with Gasteiger partial charge >= 0.3 is 0 Å². The zero-order chi connectivity index (χ0) is 19.7. The maximum Gasteiger partial charge on any atom is 0.139 e. The van der Waals surface area contributed by atoms with Gasteiger partial charge in [0.15, 0.2) is 0 Å². The number of halogens is 2. The predicted molar refractivity (Wildman–Crippen MR) is 119 cm³/mol. The van der Waals surface area contributed by atoms with Crippen molar-refractivity contribution in [2.24, 2.45) is 0 Å². The molecule has 0 saturated carbocycles. The minimum Gasteiger partial charge on any atom is -0.490 e. The zero-order valence-corrected chi connectivity index (χ0v) is 19.6. The Morgan fingerprint density at radius 2 is 1.89 bits per heavy atom. The summed E-state index contributed by atoms with van der Waals surface area (Å²) in [6.07, 6.45) is -0.654. The number of rotatable bonds is 4. The number of ether oxygens (including phenoxy) is 2.